The van der Waals surface area contributed by atoms with Gasteiger partial charge in [-0.1, -0.05) is 101 Å². The summed E-state index contributed by atoms with van der Waals surface area (Å²) in [6.45, 7) is 13.0. The lowest BCUT2D eigenvalue weighted by Gasteiger charge is -2.22. The summed E-state index contributed by atoms with van der Waals surface area (Å²) in [5.74, 6) is -0.689. The van der Waals surface area contributed by atoms with E-state index in [9.17, 15) is 9.59 Å². The van der Waals surface area contributed by atoms with E-state index in [2.05, 4.69) is 62.8 Å². The zero-order valence-electron chi connectivity index (χ0n) is 28.3. The normalized spacial score (nSPS) is 12.8. The molecule has 8 heteroatoms. The molecule has 3 rings (SSSR count). The van der Waals surface area contributed by atoms with Crippen molar-refractivity contribution in [2.75, 3.05) is 6.61 Å². The van der Waals surface area contributed by atoms with Crippen LogP contribution in [0.3, 0.4) is 0 Å². The molecule has 4 N–H and O–H groups in total. The summed E-state index contributed by atoms with van der Waals surface area (Å²) in [6.07, 6.45) is 28.9. The van der Waals surface area contributed by atoms with Gasteiger partial charge in [-0.3, -0.25) is 14.3 Å². The average Bonchev–Trinajstić information content (AvgIpc) is 3.54. The molecule has 1 aromatic carbocycles. The molecule has 2 aromatic rings. The van der Waals surface area contributed by atoms with E-state index in [0.717, 1.165) is 37.9 Å². The monoisotopic (exact) mass is 624 g/mol. The molecule has 2 amide bonds. The van der Waals surface area contributed by atoms with Gasteiger partial charge in [-0.2, -0.15) is 5.10 Å². The predicted molar refractivity (Wildman–Crippen MR) is 187 cm³/mol. The first-order chi connectivity index (χ1) is 21.8. The first-order valence-corrected chi connectivity index (χ1v) is 16.2. The van der Waals surface area contributed by atoms with Crippen molar-refractivity contribution in [2.24, 2.45) is 5.73 Å². The Labute approximate surface area is 273 Å². The minimum absolute atomic E-state index is 0.0434. The number of benzene rings is 1. The molecular formula is C37H60N4O4. The molecule has 0 saturated heterocycles. The Morgan fingerprint density at radius 1 is 1.16 bits per heavy atom. The lowest BCUT2D eigenvalue weighted by molar-refractivity contribution is -0.122. The number of hydrogen-bond donors (Lipinski definition) is 3. The van der Waals surface area contributed by atoms with Crippen molar-refractivity contribution < 1.29 is 19.4 Å². The fourth-order valence-corrected chi connectivity index (χ4v) is 4.18. The van der Waals surface area contributed by atoms with Gasteiger partial charge in [-0.15, -0.1) is 19.4 Å². The van der Waals surface area contributed by atoms with Crippen LogP contribution >= 0.6 is 0 Å². The molecule has 252 valence electrons. The molecule has 0 spiro atoms. The topological polar surface area (TPSA) is 119 Å². The number of nitrogens with zero attached hydrogens (tertiary/aromatic N) is 2. The molecule has 8 nitrogen and oxygen atoms in total. The van der Waals surface area contributed by atoms with Gasteiger partial charge in [-0.25, -0.2) is 0 Å². The van der Waals surface area contributed by atoms with Crippen LogP contribution in [-0.4, -0.2) is 45.5 Å². The highest BCUT2D eigenvalue weighted by Gasteiger charge is 2.17. The van der Waals surface area contributed by atoms with E-state index < -0.39 is 5.91 Å². The Morgan fingerprint density at radius 3 is 2.31 bits per heavy atom. The summed E-state index contributed by atoms with van der Waals surface area (Å²) in [4.78, 5) is 22.9. The van der Waals surface area contributed by atoms with E-state index in [1.165, 1.54) is 61.9 Å². The Kier molecular flexibility index (Phi) is 30.7. The number of aromatic nitrogens is 2. The second kappa shape index (κ2) is 31.7. The maximum Gasteiger partial charge on any atom is 0.266 e. The van der Waals surface area contributed by atoms with Gasteiger partial charge in [-0.05, 0) is 57.6 Å². The number of allylic oxidation sites excluding steroid dienone is 2. The molecule has 1 heterocycles. The van der Waals surface area contributed by atoms with E-state index in [1.54, 1.807) is 0 Å². The number of carbonyl (C=O) groups excluding carboxylic acids is 2. The van der Waals surface area contributed by atoms with Crippen LogP contribution in [0.15, 0.2) is 67.4 Å². The molecule has 0 radical (unpaired) electrons. The van der Waals surface area contributed by atoms with Crippen LogP contribution in [-0.2, 0) is 22.7 Å². The lowest BCUT2D eigenvalue weighted by atomic mass is 9.95. The van der Waals surface area contributed by atoms with Crippen molar-refractivity contribution >= 4 is 11.8 Å². The minimum atomic E-state index is -0.571. The highest BCUT2D eigenvalue weighted by Crippen LogP contribution is 2.17. The molecule has 1 aliphatic rings. The number of ether oxygens (including phenoxy) is 1. The van der Waals surface area contributed by atoms with Gasteiger partial charge in [0, 0.05) is 12.2 Å². The van der Waals surface area contributed by atoms with Crippen molar-refractivity contribution in [3.63, 3.8) is 0 Å². The summed E-state index contributed by atoms with van der Waals surface area (Å²) in [5, 5.41) is 15.4. The number of rotatable bonds is 14. The molecule has 0 unspecified atom stereocenters. The Hall–Kier alpha value is -3.67. The zero-order chi connectivity index (χ0) is 34.1. The fourth-order valence-electron chi connectivity index (χ4n) is 4.18. The fraction of sp³-hybridized carbons (Fsp3) is 0.541. The smallest absolute Gasteiger partial charge is 0.266 e. The third-order valence-corrected chi connectivity index (χ3v) is 6.68. The number of aliphatic hydroxyl groups is 1. The maximum absolute atomic E-state index is 11.8. The quantitative estimate of drug-likeness (QED) is 0.115. The number of amides is 2. The Balaban J connectivity index is 0. The molecule has 1 atom stereocenters. The van der Waals surface area contributed by atoms with E-state index in [-0.39, 0.29) is 30.8 Å². The minimum Gasteiger partial charge on any atom is -0.392 e. The van der Waals surface area contributed by atoms with Crippen molar-refractivity contribution in [3.8, 4) is 12.8 Å². The number of hydrogen-bond acceptors (Lipinski definition) is 5. The molecule has 0 bridgehead atoms. The summed E-state index contributed by atoms with van der Waals surface area (Å²) < 4.78 is 6.97. The summed E-state index contributed by atoms with van der Waals surface area (Å²) in [5.41, 5.74) is 6.41. The van der Waals surface area contributed by atoms with Crippen LogP contribution in [0.2, 0.25) is 0 Å². The van der Waals surface area contributed by atoms with Crippen LogP contribution in [0.1, 0.15) is 114 Å². The van der Waals surface area contributed by atoms with Crippen molar-refractivity contribution in [2.45, 2.75) is 124 Å². The van der Waals surface area contributed by atoms with Crippen LogP contribution in [0.5, 0.6) is 0 Å². The lowest BCUT2D eigenvalue weighted by Crippen LogP contribution is -2.38. The number of terminal acetylenes is 1. The Morgan fingerprint density at radius 2 is 1.80 bits per heavy atom. The van der Waals surface area contributed by atoms with Gasteiger partial charge < -0.3 is 20.9 Å². The molecular weight excluding hydrogens is 564 g/mol. The van der Waals surface area contributed by atoms with Gasteiger partial charge in [0.15, 0.2) is 0 Å². The van der Waals surface area contributed by atoms with Crippen LogP contribution in [0, 0.1) is 12.8 Å². The molecule has 1 saturated carbocycles. The number of nitrogens with two attached hydrogens (primary N) is 1. The molecule has 0 aliphatic heterocycles. The average molecular weight is 625 g/mol. The first kappa shape index (κ1) is 43.5. The third-order valence-electron chi connectivity index (χ3n) is 6.68. The molecule has 1 aromatic heterocycles. The molecule has 1 fully saturated rings. The van der Waals surface area contributed by atoms with Crippen LogP contribution in [0.25, 0.3) is 0 Å². The largest absolute Gasteiger partial charge is 0.392 e. The summed E-state index contributed by atoms with van der Waals surface area (Å²) in [7, 11) is 0. The van der Waals surface area contributed by atoms with Crippen LogP contribution in [0.4, 0.5) is 0 Å². The van der Waals surface area contributed by atoms with E-state index in [1.807, 2.05) is 43.3 Å². The predicted octanol–water partition coefficient (Wildman–Crippen LogP) is 7.38. The second-order valence-electron chi connectivity index (χ2n) is 10.5. The molecule has 1 aliphatic carbocycles. The van der Waals surface area contributed by atoms with Crippen molar-refractivity contribution in [3.05, 3.63) is 78.7 Å². The van der Waals surface area contributed by atoms with E-state index in [0.29, 0.717) is 6.10 Å². The second-order valence-corrected chi connectivity index (χ2v) is 10.5. The van der Waals surface area contributed by atoms with Gasteiger partial charge in [0.25, 0.3) is 5.91 Å². The van der Waals surface area contributed by atoms with Crippen molar-refractivity contribution in [1.82, 2.24) is 15.1 Å². The SMILES string of the molecule is C#C.C/C=C\CCO[C@H](C)CCCCC.C=CCC.NC(=O)c1ccnn1CC(=O)NC1CCCCC1.OCc1ccccc1. The van der Waals surface area contributed by atoms with Gasteiger partial charge in [0.05, 0.1) is 19.3 Å². The van der Waals surface area contributed by atoms with E-state index in [4.69, 9.17) is 15.6 Å². The standard InChI is InChI=1S/C12H18N4O2.C12H24O.C7H8O.C4H8.C2H2/c13-12(18)10-6-7-14-16(10)8-11(17)15-9-4-2-1-3-5-9;1-4-6-8-10-12(3)13-11-9-7-5-2;8-6-7-4-2-1-3-5-7;1-3-4-2;1-2/h6-7,9H,1-5,8H2,(H2,13,18)(H,15,17);5,7,12H,4,6,8-11H2,1-3H3;1-5,8H,6H2;3H,1,4H2,2H3;1-2H/b;7-5-;;;/t;12-;;;/m.1.../s1. The highest BCUT2D eigenvalue weighted by molar-refractivity contribution is 5.91. The first-order valence-electron chi connectivity index (χ1n) is 16.2. The summed E-state index contributed by atoms with van der Waals surface area (Å²) >= 11 is 0. The third kappa shape index (κ3) is 25.4. The number of nitrogens with one attached hydrogen (secondary N) is 1. The number of unbranched alkanes of at least 4 members (excludes halogenated alkanes) is 2. The van der Waals surface area contributed by atoms with Gasteiger partial charge in [0.1, 0.15) is 12.2 Å². The zero-order valence-corrected chi connectivity index (χ0v) is 28.3. The number of aliphatic hydroxyl groups excluding tert-OH is 1. The van der Waals surface area contributed by atoms with Gasteiger partial charge in [0.2, 0.25) is 5.91 Å². The molecule has 45 heavy (non-hydrogen) atoms. The number of carbonyl (C=O) groups is 2. The van der Waals surface area contributed by atoms with E-state index >= 15 is 0 Å². The van der Waals surface area contributed by atoms with Crippen molar-refractivity contribution in [1.29, 1.82) is 0 Å². The Bertz CT molecular complexity index is 1030. The number of primary amides is 1. The summed E-state index contributed by atoms with van der Waals surface area (Å²) in [6, 6.07) is 11.3. The van der Waals surface area contributed by atoms with Gasteiger partial charge >= 0.3 is 0 Å². The van der Waals surface area contributed by atoms with Crippen LogP contribution < -0.4 is 11.1 Å². The maximum atomic E-state index is 11.8. The highest BCUT2D eigenvalue weighted by atomic mass is 16.5.